The minimum atomic E-state index is -0.567. The smallest absolute Gasteiger partial charge is 0.250 e. The first-order chi connectivity index (χ1) is 16.4. The van der Waals surface area contributed by atoms with Crippen molar-refractivity contribution in [2.75, 3.05) is 13.7 Å². The number of aromatic nitrogens is 2. The van der Waals surface area contributed by atoms with E-state index in [1.54, 1.807) is 25.6 Å². The fourth-order valence-corrected chi connectivity index (χ4v) is 4.93. The number of carbonyl (C=O) groups excluding carboxylic acids is 1. The van der Waals surface area contributed by atoms with E-state index in [1.165, 1.54) is 12.1 Å². The van der Waals surface area contributed by atoms with Crippen molar-refractivity contribution in [1.29, 1.82) is 0 Å². The van der Waals surface area contributed by atoms with Crippen molar-refractivity contribution in [2.45, 2.75) is 38.6 Å². The van der Waals surface area contributed by atoms with Crippen LogP contribution in [0.1, 0.15) is 43.0 Å². The van der Waals surface area contributed by atoms with Crippen LogP contribution in [0.4, 0.5) is 4.39 Å². The summed E-state index contributed by atoms with van der Waals surface area (Å²) in [5, 5.41) is 0. The van der Waals surface area contributed by atoms with Gasteiger partial charge in [0.15, 0.2) is 0 Å². The Hall–Kier alpha value is -3.74. The third-order valence-corrected chi connectivity index (χ3v) is 6.69. The van der Waals surface area contributed by atoms with Crippen molar-refractivity contribution < 1.29 is 13.9 Å². The van der Waals surface area contributed by atoms with Crippen LogP contribution in [-0.4, -0.2) is 39.8 Å². The molecule has 2 aliphatic rings. The average molecular weight is 459 g/mol. The van der Waals surface area contributed by atoms with Gasteiger partial charge < -0.3 is 14.2 Å². The highest BCUT2D eigenvalue weighted by Crippen LogP contribution is 2.40. The molecule has 0 spiro atoms. The predicted octanol–water partition coefficient (Wildman–Crippen LogP) is 5.05. The molecule has 1 aromatic heterocycles. The van der Waals surface area contributed by atoms with E-state index in [-0.39, 0.29) is 18.1 Å². The Morgan fingerprint density at radius 2 is 1.97 bits per heavy atom. The Morgan fingerprint density at radius 3 is 2.68 bits per heavy atom. The molecular weight excluding hydrogens is 431 g/mol. The molecule has 3 aromatic rings. The van der Waals surface area contributed by atoms with Crippen LogP contribution in [0.25, 0.3) is 11.8 Å². The number of hydrogen-bond donors (Lipinski definition) is 0. The van der Waals surface area contributed by atoms with Crippen molar-refractivity contribution in [2.24, 2.45) is 4.99 Å². The SMILES string of the molecule is COc1cc(/C=C2/CCCN3C2=NC(=O)CC3(C)c2ccc(F)cc2)ccc1-n1cnc(C)c1. The molecule has 1 fully saturated rings. The zero-order valence-electron chi connectivity index (χ0n) is 19.6. The van der Waals surface area contributed by atoms with E-state index in [9.17, 15) is 9.18 Å². The van der Waals surface area contributed by atoms with Crippen molar-refractivity contribution >= 4 is 17.8 Å². The van der Waals surface area contributed by atoms with Gasteiger partial charge in [-0.25, -0.2) is 9.37 Å². The number of amidine groups is 1. The summed E-state index contributed by atoms with van der Waals surface area (Å²) in [7, 11) is 1.65. The lowest BCUT2D eigenvalue weighted by atomic mass is 9.82. The first-order valence-electron chi connectivity index (χ1n) is 11.4. The quantitative estimate of drug-likeness (QED) is 0.549. The minimum Gasteiger partial charge on any atom is -0.495 e. The van der Waals surface area contributed by atoms with E-state index in [4.69, 9.17) is 4.74 Å². The molecule has 174 valence electrons. The lowest BCUT2D eigenvalue weighted by Crippen LogP contribution is -2.54. The Balaban J connectivity index is 1.52. The molecule has 1 atom stereocenters. The predicted molar refractivity (Wildman–Crippen MR) is 130 cm³/mol. The van der Waals surface area contributed by atoms with Gasteiger partial charge in [-0.3, -0.25) is 4.79 Å². The normalized spacial score (nSPS) is 21.4. The molecule has 2 aromatic carbocycles. The highest BCUT2D eigenvalue weighted by Gasteiger charge is 2.43. The van der Waals surface area contributed by atoms with Gasteiger partial charge >= 0.3 is 0 Å². The lowest BCUT2D eigenvalue weighted by Gasteiger charge is -2.48. The Kier molecular flexibility index (Phi) is 5.55. The molecule has 1 saturated heterocycles. The number of nitrogens with zero attached hydrogens (tertiary/aromatic N) is 4. The second kappa shape index (κ2) is 8.56. The number of amides is 1. The zero-order chi connectivity index (χ0) is 23.9. The Bertz CT molecular complexity index is 1310. The van der Waals surface area contributed by atoms with Crippen LogP contribution in [0, 0.1) is 12.7 Å². The van der Waals surface area contributed by atoms with Crippen LogP contribution in [0.2, 0.25) is 0 Å². The molecule has 2 aliphatic heterocycles. The molecule has 34 heavy (non-hydrogen) atoms. The van der Waals surface area contributed by atoms with Crippen molar-refractivity contribution in [3.63, 3.8) is 0 Å². The van der Waals surface area contributed by atoms with E-state index in [2.05, 4.69) is 21.0 Å². The van der Waals surface area contributed by atoms with Gasteiger partial charge in [0.25, 0.3) is 0 Å². The summed E-state index contributed by atoms with van der Waals surface area (Å²) in [5.41, 5.74) is 4.17. The fraction of sp³-hybridized carbons (Fsp3) is 0.296. The van der Waals surface area contributed by atoms with Crippen LogP contribution < -0.4 is 4.74 Å². The summed E-state index contributed by atoms with van der Waals surface area (Å²) >= 11 is 0. The standard InChI is InChI=1S/C27H27FN4O2/c1-18-16-31(17-29-18)23-11-6-19(14-24(23)34-3)13-20-5-4-12-32-26(20)30-25(33)15-27(32,2)21-7-9-22(28)10-8-21/h6-11,13-14,16-17H,4-5,12,15H2,1-3H3/b20-13-. The largest absolute Gasteiger partial charge is 0.495 e. The zero-order valence-corrected chi connectivity index (χ0v) is 19.6. The van der Waals surface area contributed by atoms with Gasteiger partial charge in [-0.05, 0) is 73.7 Å². The van der Waals surface area contributed by atoms with Crippen molar-refractivity contribution in [3.8, 4) is 11.4 Å². The van der Waals surface area contributed by atoms with Gasteiger partial charge in [-0.1, -0.05) is 18.2 Å². The summed E-state index contributed by atoms with van der Waals surface area (Å²) < 4.78 is 21.2. The molecule has 0 aliphatic carbocycles. The number of imidazole rings is 1. The van der Waals surface area contributed by atoms with Crippen LogP contribution in [-0.2, 0) is 10.3 Å². The molecular formula is C27H27FN4O2. The van der Waals surface area contributed by atoms with Crippen molar-refractivity contribution in [3.05, 3.63) is 83.2 Å². The number of rotatable bonds is 4. The molecule has 3 heterocycles. The molecule has 0 N–H and O–H groups in total. The minimum absolute atomic E-state index is 0.158. The number of aryl methyl sites for hydroxylation is 1. The number of hydrogen-bond acceptors (Lipinski definition) is 4. The highest BCUT2D eigenvalue weighted by atomic mass is 19.1. The number of aliphatic imine (C=N–C) groups is 1. The monoisotopic (exact) mass is 458 g/mol. The summed E-state index contributed by atoms with van der Waals surface area (Å²) in [4.78, 5) is 23.7. The lowest BCUT2D eigenvalue weighted by molar-refractivity contribution is -0.121. The highest BCUT2D eigenvalue weighted by molar-refractivity contribution is 6.10. The number of ether oxygens (including phenoxy) is 1. The number of fused-ring (bicyclic) bond motifs is 1. The van der Waals surface area contributed by atoms with Crippen molar-refractivity contribution in [1.82, 2.24) is 14.5 Å². The first-order valence-corrected chi connectivity index (χ1v) is 11.4. The number of piperidine rings is 1. The van der Waals surface area contributed by atoms with Gasteiger partial charge in [-0.2, -0.15) is 4.99 Å². The fourth-order valence-electron chi connectivity index (χ4n) is 4.93. The van der Waals surface area contributed by atoms with E-state index in [0.29, 0.717) is 5.84 Å². The molecule has 1 amide bonds. The number of methoxy groups -OCH3 is 1. The maximum Gasteiger partial charge on any atom is 0.250 e. The molecule has 0 saturated carbocycles. The third kappa shape index (κ3) is 3.91. The summed E-state index contributed by atoms with van der Waals surface area (Å²) in [5.74, 6) is 1.000. The maximum atomic E-state index is 13.6. The van der Waals surface area contributed by atoms with Crippen LogP contribution in [0.15, 0.2) is 65.6 Å². The van der Waals surface area contributed by atoms with Crippen LogP contribution >= 0.6 is 0 Å². The average Bonchev–Trinajstić information content (AvgIpc) is 3.26. The summed E-state index contributed by atoms with van der Waals surface area (Å²) in [6, 6.07) is 12.5. The Labute approximate surface area is 198 Å². The van der Waals surface area contributed by atoms with Gasteiger partial charge in [0.1, 0.15) is 17.4 Å². The Morgan fingerprint density at radius 1 is 1.18 bits per heavy atom. The number of halogens is 1. The van der Waals surface area contributed by atoms with Crippen LogP contribution in [0.3, 0.4) is 0 Å². The molecule has 1 unspecified atom stereocenters. The second-order valence-corrected chi connectivity index (χ2v) is 9.07. The van der Waals surface area contributed by atoms with Crippen LogP contribution in [0.5, 0.6) is 5.75 Å². The first kappa shape index (κ1) is 22.1. The molecule has 0 bridgehead atoms. The molecule has 0 radical (unpaired) electrons. The van der Waals surface area contributed by atoms with E-state index >= 15 is 0 Å². The van der Waals surface area contributed by atoms with E-state index in [0.717, 1.165) is 53.2 Å². The number of benzene rings is 2. The van der Waals surface area contributed by atoms with Gasteiger partial charge in [0.05, 0.1) is 36.8 Å². The summed E-state index contributed by atoms with van der Waals surface area (Å²) in [6.45, 7) is 4.78. The van der Waals surface area contributed by atoms with E-state index in [1.807, 2.05) is 42.8 Å². The number of carbonyl (C=O) groups is 1. The summed E-state index contributed by atoms with van der Waals surface area (Å²) in [6.07, 6.45) is 7.84. The van der Waals surface area contributed by atoms with E-state index < -0.39 is 5.54 Å². The van der Waals surface area contributed by atoms with Gasteiger partial charge in [0.2, 0.25) is 5.91 Å². The third-order valence-electron chi connectivity index (χ3n) is 6.69. The molecule has 5 rings (SSSR count). The molecule has 7 heteroatoms. The van der Waals surface area contributed by atoms with Gasteiger partial charge in [0, 0.05) is 12.7 Å². The maximum absolute atomic E-state index is 13.6. The topological polar surface area (TPSA) is 59.7 Å². The van der Waals surface area contributed by atoms with Gasteiger partial charge in [-0.15, -0.1) is 0 Å². The molecule has 6 nitrogen and oxygen atoms in total. The second-order valence-electron chi connectivity index (χ2n) is 9.07.